The van der Waals surface area contributed by atoms with Crippen LogP contribution < -0.4 is 0 Å². The van der Waals surface area contributed by atoms with Gasteiger partial charge in [-0.3, -0.25) is 14.5 Å². The molecule has 3 aliphatic heterocycles. The van der Waals surface area contributed by atoms with E-state index in [0.717, 1.165) is 19.0 Å². The summed E-state index contributed by atoms with van der Waals surface area (Å²) in [6, 6.07) is -0.123. The lowest BCUT2D eigenvalue weighted by atomic mass is 9.76. The summed E-state index contributed by atoms with van der Waals surface area (Å²) >= 11 is 0. The number of ether oxygens (including phenoxy) is 3. The molecule has 3 rings (SSSR count). The highest BCUT2D eigenvalue weighted by Gasteiger charge is 2.59. The minimum Gasteiger partial charge on any atom is -0.460 e. The molecule has 5 atom stereocenters. The summed E-state index contributed by atoms with van der Waals surface area (Å²) in [7, 11) is 0. The summed E-state index contributed by atoms with van der Waals surface area (Å²) in [5.74, 6) is -3.37. The van der Waals surface area contributed by atoms with E-state index in [4.69, 9.17) is 14.2 Å². The van der Waals surface area contributed by atoms with Crippen LogP contribution in [0.2, 0.25) is 0 Å². The third-order valence-electron chi connectivity index (χ3n) is 5.95. The Labute approximate surface area is 152 Å². The lowest BCUT2D eigenvalue weighted by Crippen LogP contribution is -2.63. The molecule has 0 aromatic heterocycles. The molecule has 3 heterocycles. The molecule has 0 aromatic rings. The Morgan fingerprint density at radius 2 is 2.08 bits per heavy atom. The molecule has 26 heavy (non-hydrogen) atoms. The van der Waals surface area contributed by atoms with Crippen LogP contribution in [0.5, 0.6) is 0 Å². The number of nitrogens with zero attached hydrogens (tertiary/aromatic N) is 1. The minimum atomic E-state index is -2.23. The van der Waals surface area contributed by atoms with Crippen LogP contribution >= 0.6 is 0 Å². The molecule has 0 unspecified atom stereocenters. The molecule has 0 saturated carbocycles. The first-order chi connectivity index (χ1) is 12.1. The topological polar surface area (TPSA) is 102 Å². The predicted octanol–water partition coefficient (Wildman–Crippen LogP) is 0.178. The van der Waals surface area contributed by atoms with E-state index in [1.807, 2.05) is 6.08 Å². The van der Waals surface area contributed by atoms with Crippen LogP contribution in [0, 0.1) is 5.92 Å². The van der Waals surface area contributed by atoms with Gasteiger partial charge in [0.2, 0.25) is 0 Å². The molecule has 0 radical (unpaired) electrons. The van der Waals surface area contributed by atoms with Crippen molar-refractivity contribution in [2.75, 3.05) is 19.7 Å². The van der Waals surface area contributed by atoms with Crippen LogP contribution in [-0.2, 0) is 28.6 Å². The number of carbonyl (C=O) groups excluding carboxylic acids is 3. The van der Waals surface area contributed by atoms with Gasteiger partial charge in [0.25, 0.3) is 0 Å². The van der Waals surface area contributed by atoms with Gasteiger partial charge in [-0.25, -0.2) is 4.79 Å². The van der Waals surface area contributed by atoms with Gasteiger partial charge in [-0.2, -0.15) is 0 Å². The first kappa shape index (κ1) is 18.8. The molecule has 8 nitrogen and oxygen atoms in total. The lowest BCUT2D eigenvalue weighted by molar-refractivity contribution is -0.218. The standard InChI is InChI=1S/C18H25NO7/c1-10-15(21)25-13-6-8-19-7-5-12(14(13)19)9-24-16(22)17(3,23)18(10,4)26-11(2)20/h5,10,13-14,23H,6-9H2,1-4H3/t10-,13+,14-,17-,18+/m1/s1. The highest BCUT2D eigenvalue weighted by Crippen LogP contribution is 2.39. The van der Waals surface area contributed by atoms with Gasteiger partial charge in [-0.1, -0.05) is 6.08 Å². The first-order valence-corrected chi connectivity index (χ1v) is 8.80. The molecule has 2 fully saturated rings. The number of cyclic esters (lactones) is 1. The van der Waals surface area contributed by atoms with Gasteiger partial charge in [-0.15, -0.1) is 0 Å². The van der Waals surface area contributed by atoms with Gasteiger partial charge < -0.3 is 19.3 Å². The molecular weight excluding hydrogens is 342 g/mol. The number of esters is 3. The Balaban J connectivity index is 2.01. The third-order valence-corrected chi connectivity index (χ3v) is 5.95. The maximum Gasteiger partial charge on any atom is 0.342 e. The van der Waals surface area contributed by atoms with E-state index in [2.05, 4.69) is 4.90 Å². The van der Waals surface area contributed by atoms with E-state index < -0.39 is 35.0 Å². The molecule has 8 heteroatoms. The number of rotatable bonds is 1. The summed E-state index contributed by atoms with van der Waals surface area (Å²) in [4.78, 5) is 39.2. The maximum absolute atomic E-state index is 12.8. The molecule has 0 amide bonds. The van der Waals surface area contributed by atoms with Crippen LogP contribution in [0.1, 0.15) is 34.1 Å². The Hall–Kier alpha value is -1.93. The maximum atomic E-state index is 12.8. The van der Waals surface area contributed by atoms with Crippen molar-refractivity contribution in [3.8, 4) is 0 Å². The summed E-state index contributed by atoms with van der Waals surface area (Å²) in [6.07, 6.45) is 2.27. The summed E-state index contributed by atoms with van der Waals surface area (Å²) in [5, 5.41) is 10.9. The van der Waals surface area contributed by atoms with Crippen molar-refractivity contribution in [2.24, 2.45) is 5.92 Å². The monoisotopic (exact) mass is 367 g/mol. The zero-order valence-corrected chi connectivity index (χ0v) is 15.5. The van der Waals surface area contributed by atoms with E-state index >= 15 is 0 Å². The molecular formula is C18H25NO7. The molecule has 144 valence electrons. The van der Waals surface area contributed by atoms with E-state index in [9.17, 15) is 19.5 Å². The van der Waals surface area contributed by atoms with Crippen LogP contribution in [0.15, 0.2) is 11.6 Å². The van der Waals surface area contributed by atoms with Crippen LogP contribution in [0.3, 0.4) is 0 Å². The molecule has 0 bridgehead atoms. The average molecular weight is 367 g/mol. The Bertz CT molecular complexity index is 670. The van der Waals surface area contributed by atoms with Gasteiger partial charge in [0, 0.05) is 20.0 Å². The molecule has 2 saturated heterocycles. The highest BCUT2D eigenvalue weighted by atomic mass is 16.6. The van der Waals surface area contributed by atoms with Crippen molar-refractivity contribution in [2.45, 2.75) is 57.5 Å². The largest absolute Gasteiger partial charge is 0.460 e. The van der Waals surface area contributed by atoms with Crippen molar-refractivity contribution in [3.05, 3.63) is 11.6 Å². The quantitative estimate of drug-likeness (QED) is 0.398. The number of aliphatic hydroxyl groups is 1. The fourth-order valence-corrected chi connectivity index (χ4v) is 4.00. The van der Waals surface area contributed by atoms with Crippen LogP contribution in [0.4, 0.5) is 0 Å². The zero-order valence-electron chi connectivity index (χ0n) is 15.5. The van der Waals surface area contributed by atoms with Crippen molar-refractivity contribution >= 4 is 17.9 Å². The predicted molar refractivity (Wildman–Crippen MR) is 88.9 cm³/mol. The molecule has 0 aromatic carbocycles. The van der Waals surface area contributed by atoms with E-state index in [0.29, 0.717) is 13.0 Å². The van der Waals surface area contributed by atoms with Crippen molar-refractivity contribution in [1.29, 1.82) is 0 Å². The van der Waals surface area contributed by atoms with Gasteiger partial charge in [0.1, 0.15) is 12.7 Å². The Morgan fingerprint density at radius 1 is 1.38 bits per heavy atom. The second-order valence-electron chi connectivity index (χ2n) is 7.55. The zero-order chi connectivity index (χ0) is 19.3. The number of hydrogen-bond acceptors (Lipinski definition) is 8. The fourth-order valence-electron chi connectivity index (χ4n) is 4.00. The molecule has 0 aliphatic carbocycles. The van der Waals surface area contributed by atoms with Crippen LogP contribution in [0.25, 0.3) is 0 Å². The molecule has 3 aliphatic rings. The SMILES string of the molecule is CC(=O)O[C@@]1(C)[C@H](C)C(=O)O[C@H]2CCN3CC=C(COC(=O)[C@@]1(C)O)[C@H]23. The number of carbonyl (C=O) groups is 3. The normalized spacial score (nSPS) is 40.8. The minimum absolute atomic E-state index is 0.00523. The number of hydrogen-bond donors (Lipinski definition) is 1. The Kier molecular flexibility index (Phi) is 4.60. The lowest BCUT2D eigenvalue weighted by Gasteiger charge is -2.42. The van der Waals surface area contributed by atoms with Crippen molar-refractivity contribution < 1.29 is 33.7 Å². The van der Waals surface area contributed by atoms with E-state index in [1.54, 1.807) is 0 Å². The molecule has 0 spiro atoms. The van der Waals surface area contributed by atoms with Gasteiger partial charge >= 0.3 is 17.9 Å². The fraction of sp³-hybridized carbons (Fsp3) is 0.722. The summed E-state index contributed by atoms with van der Waals surface area (Å²) in [5.41, 5.74) is -3.21. The first-order valence-electron chi connectivity index (χ1n) is 8.80. The van der Waals surface area contributed by atoms with Crippen LogP contribution in [-0.4, -0.2) is 71.0 Å². The Morgan fingerprint density at radius 3 is 2.73 bits per heavy atom. The average Bonchev–Trinajstić information content (AvgIpc) is 3.13. The second-order valence-corrected chi connectivity index (χ2v) is 7.55. The van der Waals surface area contributed by atoms with E-state index in [-0.39, 0.29) is 18.8 Å². The second kappa shape index (κ2) is 6.35. The van der Waals surface area contributed by atoms with Gasteiger partial charge in [-0.05, 0) is 32.8 Å². The smallest absolute Gasteiger partial charge is 0.342 e. The summed E-state index contributed by atoms with van der Waals surface area (Å²) < 4.78 is 16.3. The van der Waals surface area contributed by atoms with Gasteiger partial charge in [0.15, 0.2) is 11.2 Å². The molecule has 1 N–H and O–H groups in total. The van der Waals surface area contributed by atoms with E-state index in [1.165, 1.54) is 20.8 Å². The van der Waals surface area contributed by atoms with Crippen molar-refractivity contribution in [3.63, 3.8) is 0 Å². The van der Waals surface area contributed by atoms with Crippen molar-refractivity contribution in [1.82, 2.24) is 4.90 Å². The third kappa shape index (κ3) is 2.81. The highest BCUT2D eigenvalue weighted by molar-refractivity contribution is 5.84. The summed E-state index contributed by atoms with van der Waals surface area (Å²) in [6.45, 7) is 6.65. The van der Waals surface area contributed by atoms with Gasteiger partial charge in [0.05, 0.1) is 12.0 Å².